The lowest BCUT2D eigenvalue weighted by Gasteiger charge is -2.34. The number of rotatable bonds is 5. The highest BCUT2D eigenvalue weighted by molar-refractivity contribution is 8.00. The van der Waals surface area contributed by atoms with Crippen LogP contribution in [-0.4, -0.2) is 60.6 Å². The van der Waals surface area contributed by atoms with E-state index in [1.165, 1.54) is 21.6 Å². The van der Waals surface area contributed by atoms with Gasteiger partial charge in [-0.15, -0.1) is 11.8 Å². The predicted octanol–water partition coefficient (Wildman–Crippen LogP) is 2.53. The second-order valence-electron chi connectivity index (χ2n) is 7.00. The molecule has 152 valence electrons. The van der Waals surface area contributed by atoms with E-state index in [0.717, 1.165) is 10.5 Å². The summed E-state index contributed by atoms with van der Waals surface area (Å²) in [5, 5.41) is 3.74. The van der Waals surface area contributed by atoms with Gasteiger partial charge in [0, 0.05) is 31.1 Å². The van der Waals surface area contributed by atoms with Gasteiger partial charge in [-0.05, 0) is 39.3 Å². The summed E-state index contributed by atoms with van der Waals surface area (Å²) in [5.74, 6) is 0.669. The number of benzene rings is 1. The van der Waals surface area contributed by atoms with Crippen LogP contribution < -0.4 is 0 Å². The van der Waals surface area contributed by atoms with Crippen LogP contribution in [0.2, 0.25) is 0 Å². The quantitative estimate of drug-likeness (QED) is 0.687. The molecule has 1 fully saturated rings. The smallest absolute Gasteiger partial charge is 0.248 e. The van der Waals surface area contributed by atoms with Crippen molar-refractivity contribution in [2.45, 2.75) is 37.5 Å². The summed E-state index contributed by atoms with van der Waals surface area (Å²) in [6.45, 7) is 8.58. The number of sulfonamides is 1. The average molecular weight is 424 g/mol. The molecule has 1 saturated heterocycles. The van der Waals surface area contributed by atoms with Crippen molar-refractivity contribution >= 4 is 27.7 Å². The Morgan fingerprint density at radius 1 is 1.14 bits per heavy atom. The average Bonchev–Trinajstić information content (AvgIpc) is 3.01. The number of aromatic nitrogens is 1. The molecule has 28 heavy (non-hydrogen) atoms. The lowest BCUT2D eigenvalue weighted by atomic mass is 10.2. The molecule has 2 aromatic rings. The maximum Gasteiger partial charge on any atom is 0.248 e. The summed E-state index contributed by atoms with van der Waals surface area (Å²) < 4.78 is 32.1. The van der Waals surface area contributed by atoms with E-state index in [9.17, 15) is 13.2 Å². The number of hydrogen-bond acceptors (Lipinski definition) is 6. The highest BCUT2D eigenvalue weighted by Gasteiger charge is 2.34. The third-order valence-electron chi connectivity index (χ3n) is 4.85. The molecule has 0 atom stereocenters. The van der Waals surface area contributed by atoms with Crippen LogP contribution >= 0.6 is 11.8 Å². The van der Waals surface area contributed by atoms with Gasteiger partial charge in [0.1, 0.15) is 10.6 Å². The molecule has 0 aliphatic carbocycles. The molecule has 1 aromatic carbocycles. The number of aryl methyl sites for hydroxylation is 4. The molecule has 0 saturated carbocycles. The number of carbonyl (C=O) groups excluding carboxylic acids is 1. The minimum Gasteiger partial charge on any atom is -0.360 e. The van der Waals surface area contributed by atoms with Crippen molar-refractivity contribution in [2.24, 2.45) is 0 Å². The monoisotopic (exact) mass is 423 g/mol. The molecule has 7 nitrogen and oxygen atoms in total. The first-order valence-corrected chi connectivity index (χ1v) is 11.5. The molecule has 1 amide bonds. The van der Waals surface area contributed by atoms with Gasteiger partial charge < -0.3 is 9.42 Å². The normalized spacial score (nSPS) is 15.8. The minimum atomic E-state index is -3.66. The second kappa shape index (κ2) is 8.26. The van der Waals surface area contributed by atoms with E-state index in [1.807, 2.05) is 13.8 Å². The van der Waals surface area contributed by atoms with Gasteiger partial charge in [-0.2, -0.15) is 4.31 Å². The fraction of sp³-hybridized carbons (Fsp3) is 0.474. The van der Waals surface area contributed by atoms with Crippen LogP contribution in [0.3, 0.4) is 0 Å². The molecule has 1 aromatic heterocycles. The zero-order valence-electron chi connectivity index (χ0n) is 16.6. The Morgan fingerprint density at radius 3 is 2.43 bits per heavy atom. The van der Waals surface area contributed by atoms with Gasteiger partial charge in [0.15, 0.2) is 5.76 Å². The lowest BCUT2D eigenvalue weighted by Crippen LogP contribution is -2.51. The van der Waals surface area contributed by atoms with E-state index in [1.54, 1.807) is 18.7 Å². The van der Waals surface area contributed by atoms with E-state index in [0.29, 0.717) is 30.3 Å². The number of thioether (sulfide) groups is 1. The zero-order chi connectivity index (χ0) is 20.5. The van der Waals surface area contributed by atoms with Gasteiger partial charge in [-0.1, -0.05) is 22.9 Å². The van der Waals surface area contributed by atoms with Crippen molar-refractivity contribution in [1.29, 1.82) is 0 Å². The first-order chi connectivity index (χ1) is 13.2. The number of amides is 1. The summed E-state index contributed by atoms with van der Waals surface area (Å²) in [7, 11) is -3.66. The maximum atomic E-state index is 12.9. The van der Waals surface area contributed by atoms with Crippen LogP contribution in [0.4, 0.5) is 0 Å². The Morgan fingerprint density at radius 2 is 1.82 bits per heavy atom. The third-order valence-corrected chi connectivity index (χ3v) is 8.14. The molecule has 0 radical (unpaired) electrons. The van der Waals surface area contributed by atoms with Crippen molar-refractivity contribution in [3.63, 3.8) is 0 Å². The molecule has 9 heteroatoms. The molecular formula is C19H25N3O4S2. The summed E-state index contributed by atoms with van der Waals surface area (Å²) >= 11 is 1.53. The zero-order valence-corrected chi connectivity index (χ0v) is 18.2. The Balaban J connectivity index is 1.59. The van der Waals surface area contributed by atoms with Crippen LogP contribution in [-0.2, 0) is 14.8 Å². The second-order valence-corrected chi connectivity index (χ2v) is 9.89. The van der Waals surface area contributed by atoms with E-state index in [-0.39, 0.29) is 23.9 Å². The predicted molar refractivity (Wildman–Crippen MR) is 108 cm³/mol. The molecule has 0 unspecified atom stereocenters. The first kappa shape index (κ1) is 20.9. The van der Waals surface area contributed by atoms with Gasteiger partial charge in [0.2, 0.25) is 15.9 Å². The molecule has 1 aliphatic heterocycles. The fourth-order valence-electron chi connectivity index (χ4n) is 3.24. The van der Waals surface area contributed by atoms with Crippen LogP contribution in [0.25, 0.3) is 0 Å². The van der Waals surface area contributed by atoms with Crippen molar-refractivity contribution < 1.29 is 17.7 Å². The van der Waals surface area contributed by atoms with Gasteiger partial charge in [0.05, 0.1) is 5.75 Å². The van der Waals surface area contributed by atoms with Crippen molar-refractivity contribution in [1.82, 2.24) is 14.4 Å². The van der Waals surface area contributed by atoms with Gasteiger partial charge in [-0.25, -0.2) is 8.42 Å². The van der Waals surface area contributed by atoms with Crippen LogP contribution in [0.5, 0.6) is 0 Å². The first-order valence-electron chi connectivity index (χ1n) is 9.11. The van der Waals surface area contributed by atoms with Gasteiger partial charge in [0.25, 0.3) is 0 Å². The summed E-state index contributed by atoms with van der Waals surface area (Å²) in [5.41, 5.74) is 2.68. The summed E-state index contributed by atoms with van der Waals surface area (Å²) in [6.07, 6.45) is 0. The molecule has 0 N–H and O–H groups in total. The molecule has 0 bridgehead atoms. The highest BCUT2D eigenvalue weighted by atomic mass is 32.2. The Hall–Kier alpha value is -1.84. The summed E-state index contributed by atoms with van der Waals surface area (Å²) in [6, 6.07) is 6.20. The number of carbonyl (C=O) groups is 1. The molecule has 3 rings (SSSR count). The number of nitrogens with zero attached hydrogens (tertiary/aromatic N) is 3. The topological polar surface area (TPSA) is 83.7 Å². The lowest BCUT2D eigenvalue weighted by molar-refractivity contribution is -0.129. The SMILES string of the molecule is Cc1ccc(C)c(SCC(=O)N2CCN(S(=O)(=O)c3c(C)noc3C)CC2)c1. The van der Waals surface area contributed by atoms with Crippen LogP contribution in [0.15, 0.2) is 32.5 Å². The largest absolute Gasteiger partial charge is 0.360 e. The Bertz CT molecular complexity index is 958. The van der Waals surface area contributed by atoms with Crippen molar-refractivity contribution in [3.05, 3.63) is 40.8 Å². The van der Waals surface area contributed by atoms with Gasteiger partial charge in [-0.3, -0.25) is 4.79 Å². The van der Waals surface area contributed by atoms with E-state index in [4.69, 9.17) is 4.52 Å². The molecular weight excluding hydrogens is 398 g/mol. The van der Waals surface area contributed by atoms with E-state index >= 15 is 0 Å². The Labute approximate surface area is 170 Å². The number of hydrogen-bond donors (Lipinski definition) is 0. The van der Waals surface area contributed by atoms with Crippen LogP contribution in [0, 0.1) is 27.7 Å². The van der Waals surface area contributed by atoms with Crippen molar-refractivity contribution in [2.75, 3.05) is 31.9 Å². The van der Waals surface area contributed by atoms with E-state index < -0.39 is 10.0 Å². The molecule has 0 spiro atoms. The van der Waals surface area contributed by atoms with Gasteiger partial charge >= 0.3 is 0 Å². The molecule has 1 aliphatic rings. The third kappa shape index (κ3) is 4.26. The van der Waals surface area contributed by atoms with Crippen molar-refractivity contribution in [3.8, 4) is 0 Å². The minimum absolute atomic E-state index is 0.0280. The Kier molecular flexibility index (Phi) is 6.16. The number of piperazine rings is 1. The van der Waals surface area contributed by atoms with Crippen LogP contribution in [0.1, 0.15) is 22.6 Å². The van der Waals surface area contributed by atoms with E-state index in [2.05, 4.69) is 23.4 Å². The molecule has 2 heterocycles. The fourth-order valence-corrected chi connectivity index (χ4v) is 5.98. The highest BCUT2D eigenvalue weighted by Crippen LogP contribution is 2.26. The standard InChI is InChI=1S/C19H25N3O4S2/c1-13-5-6-14(2)17(11-13)27-12-18(23)21-7-9-22(10-8-21)28(24,25)19-15(3)20-26-16(19)4/h5-6,11H,7-10,12H2,1-4H3. The summed E-state index contributed by atoms with van der Waals surface area (Å²) in [4.78, 5) is 15.5. The maximum absolute atomic E-state index is 12.9.